The molecule has 0 saturated heterocycles. The zero-order valence-corrected chi connectivity index (χ0v) is 12.8. The summed E-state index contributed by atoms with van der Waals surface area (Å²) in [5.41, 5.74) is 3.29. The second-order valence-electron chi connectivity index (χ2n) is 4.33. The van der Waals surface area contributed by atoms with E-state index in [9.17, 15) is 0 Å². The van der Waals surface area contributed by atoms with Gasteiger partial charge >= 0.3 is 0 Å². The number of halogens is 2. The molecule has 0 fully saturated rings. The third-order valence-electron chi connectivity index (χ3n) is 2.88. The molecule has 4 heteroatoms. The van der Waals surface area contributed by atoms with Crippen molar-refractivity contribution in [3.63, 3.8) is 0 Å². The molecule has 0 spiro atoms. The van der Waals surface area contributed by atoms with E-state index >= 15 is 0 Å². The van der Waals surface area contributed by atoms with Gasteiger partial charge in [0.1, 0.15) is 0 Å². The van der Waals surface area contributed by atoms with E-state index in [4.69, 9.17) is 23.2 Å². The van der Waals surface area contributed by atoms with Crippen molar-refractivity contribution < 1.29 is 0 Å². The molecule has 2 aromatic carbocycles. The average molecular weight is 305 g/mol. The summed E-state index contributed by atoms with van der Waals surface area (Å²) in [5, 5.41) is 9.80. The standard InChI is InChI=1S/C16H14Cl2N2/c1-11(13-7-3-5-9-15(13)17)19-20-12(2)14-8-4-6-10-16(14)18/h3-10H,1-2H3/b19-11-,20-12-. The number of hydrogen-bond acceptors (Lipinski definition) is 2. The zero-order chi connectivity index (χ0) is 14.5. The van der Waals surface area contributed by atoms with Crippen LogP contribution in [-0.4, -0.2) is 11.4 Å². The minimum Gasteiger partial charge on any atom is -0.155 e. The number of nitrogens with zero attached hydrogens (tertiary/aromatic N) is 2. The lowest BCUT2D eigenvalue weighted by Gasteiger charge is -2.03. The van der Waals surface area contributed by atoms with E-state index in [1.165, 1.54) is 0 Å². The fourth-order valence-corrected chi connectivity index (χ4v) is 2.31. The van der Waals surface area contributed by atoms with Gasteiger partial charge in [-0.2, -0.15) is 10.2 Å². The Morgan fingerprint density at radius 1 is 0.700 bits per heavy atom. The summed E-state index contributed by atoms with van der Waals surface area (Å²) in [7, 11) is 0. The van der Waals surface area contributed by atoms with Gasteiger partial charge in [-0.05, 0) is 26.0 Å². The number of benzene rings is 2. The molecule has 0 N–H and O–H groups in total. The third kappa shape index (κ3) is 3.47. The predicted molar refractivity (Wildman–Crippen MR) is 87.3 cm³/mol. The van der Waals surface area contributed by atoms with Gasteiger partial charge in [0.05, 0.1) is 11.4 Å². The second kappa shape index (κ2) is 6.69. The molecule has 20 heavy (non-hydrogen) atoms. The van der Waals surface area contributed by atoms with Gasteiger partial charge < -0.3 is 0 Å². The Labute approximate surface area is 128 Å². The normalized spacial score (nSPS) is 12.6. The maximum Gasteiger partial charge on any atom is 0.0686 e. The van der Waals surface area contributed by atoms with Gasteiger partial charge in [0.15, 0.2) is 0 Å². The van der Waals surface area contributed by atoms with Crippen LogP contribution in [0.25, 0.3) is 0 Å². The third-order valence-corrected chi connectivity index (χ3v) is 3.54. The van der Waals surface area contributed by atoms with Crippen molar-refractivity contribution in [1.29, 1.82) is 0 Å². The summed E-state index contributed by atoms with van der Waals surface area (Å²) in [5.74, 6) is 0. The maximum absolute atomic E-state index is 6.13. The molecule has 0 unspecified atom stereocenters. The lowest BCUT2D eigenvalue weighted by molar-refractivity contribution is 1.22. The zero-order valence-electron chi connectivity index (χ0n) is 11.3. The fraction of sp³-hybridized carbons (Fsp3) is 0.125. The molecule has 0 heterocycles. The highest BCUT2D eigenvalue weighted by molar-refractivity contribution is 6.34. The number of hydrogen-bond donors (Lipinski definition) is 0. The largest absolute Gasteiger partial charge is 0.155 e. The quantitative estimate of drug-likeness (QED) is 0.548. The first-order chi connectivity index (χ1) is 9.59. The van der Waals surface area contributed by atoms with Crippen molar-refractivity contribution in [1.82, 2.24) is 0 Å². The van der Waals surface area contributed by atoms with Crippen molar-refractivity contribution in [3.8, 4) is 0 Å². The highest BCUT2D eigenvalue weighted by atomic mass is 35.5. The monoisotopic (exact) mass is 304 g/mol. The van der Waals surface area contributed by atoms with E-state index in [1.54, 1.807) is 0 Å². The number of rotatable bonds is 3. The molecule has 102 valence electrons. The Morgan fingerprint density at radius 2 is 1.05 bits per heavy atom. The Bertz CT molecular complexity index is 616. The van der Waals surface area contributed by atoms with Gasteiger partial charge in [0.25, 0.3) is 0 Å². The minimum atomic E-state index is 0.666. The van der Waals surface area contributed by atoms with Crippen LogP contribution in [-0.2, 0) is 0 Å². The van der Waals surface area contributed by atoms with Crippen molar-refractivity contribution >= 4 is 34.6 Å². The molecular weight excluding hydrogens is 291 g/mol. The van der Waals surface area contributed by atoms with Crippen molar-refractivity contribution in [2.24, 2.45) is 10.2 Å². The van der Waals surface area contributed by atoms with Crippen LogP contribution in [0.1, 0.15) is 25.0 Å². The summed E-state index contributed by atoms with van der Waals surface area (Å²) in [6.07, 6.45) is 0. The van der Waals surface area contributed by atoms with Gasteiger partial charge in [-0.3, -0.25) is 0 Å². The first-order valence-electron chi connectivity index (χ1n) is 6.18. The molecule has 0 bridgehead atoms. The van der Waals surface area contributed by atoms with Crippen LogP contribution in [0.3, 0.4) is 0 Å². The van der Waals surface area contributed by atoms with Gasteiger partial charge in [0, 0.05) is 21.2 Å². The van der Waals surface area contributed by atoms with Crippen LogP contribution in [0.2, 0.25) is 10.0 Å². The van der Waals surface area contributed by atoms with Crippen molar-refractivity contribution in [2.45, 2.75) is 13.8 Å². The van der Waals surface area contributed by atoms with E-state index in [1.807, 2.05) is 62.4 Å². The molecule has 0 amide bonds. The summed E-state index contributed by atoms with van der Waals surface area (Å²) >= 11 is 12.3. The SMILES string of the molecule is C/C(=N/N=C(/C)c1ccccc1Cl)c1ccccc1Cl. The molecule has 0 atom stereocenters. The van der Waals surface area contributed by atoms with Gasteiger partial charge in [-0.1, -0.05) is 59.6 Å². The Morgan fingerprint density at radius 3 is 1.40 bits per heavy atom. The average Bonchev–Trinajstić information content (AvgIpc) is 2.45. The van der Waals surface area contributed by atoms with Crippen molar-refractivity contribution in [3.05, 3.63) is 69.7 Å². The Hall–Kier alpha value is -1.64. The van der Waals surface area contributed by atoms with E-state index in [2.05, 4.69) is 10.2 Å². The van der Waals surface area contributed by atoms with Crippen LogP contribution in [0.4, 0.5) is 0 Å². The van der Waals surface area contributed by atoms with E-state index in [0.29, 0.717) is 10.0 Å². The van der Waals surface area contributed by atoms with Crippen LogP contribution in [0.15, 0.2) is 58.7 Å². The molecule has 0 aromatic heterocycles. The molecule has 2 rings (SSSR count). The summed E-state index contributed by atoms with van der Waals surface area (Å²) in [6, 6.07) is 15.1. The highest BCUT2D eigenvalue weighted by Gasteiger charge is 2.04. The molecule has 0 aliphatic heterocycles. The van der Waals surface area contributed by atoms with Crippen LogP contribution >= 0.6 is 23.2 Å². The van der Waals surface area contributed by atoms with Crippen molar-refractivity contribution in [2.75, 3.05) is 0 Å². The fourth-order valence-electron chi connectivity index (χ4n) is 1.77. The van der Waals surface area contributed by atoms with Gasteiger partial charge in [-0.25, -0.2) is 0 Å². The first-order valence-corrected chi connectivity index (χ1v) is 6.94. The molecule has 2 nitrogen and oxygen atoms in total. The molecule has 2 aromatic rings. The Kier molecular flexibility index (Phi) is 4.94. The summed E-state index contributed by atoms with van der Waals surface area (Å²) in [4.78, 5) is 0. The molecule has 0 saturated carbocycles. The molecular formula is C16H14Cl2N2. The predicted octanol–water partition coefficient (Wildman–Crippen LogP) is 5.23. The molecule has 0 aliphatic rings. The first kappa shape index (κ1) is 14.8. The second-order valence-corrected chi connectivity index (χ2v) is 5.14. The lowest BCUT2D eigenvalue weighted by Crippen LogP contribution is -1.98. The van der Waals surface area contributed by atoms with Crippen LogP contribution in [0, 0.1) is 0 Å². The lowest BCUT2D eigenvalue weighted by atomic mass is 10.1. The van der Waals surface area contributed by atoms with E-state index < -0.39 is 0 Å². The smallest absolute Gasteiger partial charge is 0.0686 e. The Balaban J connectivity index is 2.30. The highest BCUT2D eigenvalue weighted by Crippen LogP contribution is 2.17. The summed E-state index contributed by atoms with van der Waals surface area (Å²) in [6.45, 7) is 3.76. The van der Waals surface area contributed by atoms with Crippen LogP contribution < -0.4 is 0 Å². The molecule has 0 aliphatic carbocycles. The van der Waals surface area contributed by atoms with Gasteiger partial charge in [0.2, 0.25) is 0 Å². The minimum absolute atomic E-state index is 0.666. The van der Waals surface area contributed by atoms with E-state index in [-0.39, 0.29) is 0 Å². The van der Waals surface area contributed by atoms with Crippen LogP contribution in [0.5, 0.6) is 0 Å². The summed E-state index contributed by atoms with van der Waals surface area (Å²) < 4.78 is 0. The topological polar surface area (TPSA) is 24.7 Å². The molecule has 0 radical (unpaired) electrons. The van der Waals surface area contributed by atoms with E-state index in [0.717, 1.165) is 22.6 Å². The van der Waals surface area contributed by atoms with Gasteiger partial charge in [-0.15, -0.1) is 0 Å². The maximum atomic E-state index is 6.13.